The molecule has 1 atom stereocenters. The van der Waals surface area contributed by atoms with Gasteiger partial charge in [0.15, 0.2) is 5.96 Å². The maximum atomic E-state index is 6.12. The van der Waals surface area contributed by atoms with E-state index in [-0.39, 0.29) is 30.1 Å². The van der Waals surface area contributed by atoms with Crippen LogP contribution >= 0.6 is 24.0 Å². The standard InChI is InChI=1S/C25H42N4O3.HI/c1-2-26-25(28-14-19-30-21-24-10-6-17-32-24)27-13-7-18-31-23-11-15-29(16-12-23)20-22-8-4-3-5-9-22;/h3-5,8-9,23-24H,2,6-7,10-21H2,1H3,(H2,26,27,28);1H. The number of hydrogen-bond donors (Lipinski definition) is 2. The number of likely N-dealkylation sites (tertiary alicyclic amines) is 1. The minimum Gasteiger partial charge on any atom is -0.378 e. The van der Waals surface area contributed by atoms with Gasteiger partial charge in [0.2, 0.25) is 0 Å². The van der Waals surface area contributed by atoms with Crippen LogP contribution < -0.4 is 10.6 Å². The number of halogens is 1. The average molecular weight is 575 g/mol. The number of nitrogens with one attached hydrogen (secondary N) is 2. The molecule has 1 aromatic carbocycles. The lowest BCUT2D eigenvalue weighted by atomic mass is 10.1. The molecule has 2 fully saturated rings. The Morgan fingerprint density at radius 3 is 2.67 bits per heavy atom. The summed E-state index contributed by atoms with van der Waals surface area (Å²) in [6.45, 7) is 10.7. The van der Waals surface area contributed by atoms with E-state index in [0.717, 1.165) is 90.5 Å². The molecule has 0 bridgehead atoms. The third-order valence-corrected chi connectivity index (χ3v) is 5.92. The van der Waals surface area contributed by atoms with Crippen LogP contribution in [-0.2, 0) is 20.8 Å². The van der Waals surface area contributed by atoms with E-state index in [1.165, 1.54) is 5.56 Å². The number of piperidine rings is 1. The van der Waals surface area contributed by atoms with E-state index in [4.69, 9.17) is 14.2 Å². The monoisotopic (exact) mass is 574 g/mol. The van der Waals surface area contributed by atoms with Crippen LogP contribution in [0.5, 0.6) is 0 Å². The van der Waals surface area contributed by atoms with Crippen molar-refractivity contribution in [2.45, 2.75) is 57.8 Å². The minimum absolute atomic E-state index is 0. The molecule has 2 saturated heterocycles. The van der Waals surface area contributed by atoms with Crippen molar-refractivity contribution in [1.82, 2.24) is 15.5 Å². The predicted molar refractivity (Wildman–Crippen MR) is 144 cm³/mol. The molecule has 1 aromatic rings. The van der Waals surface area contributed by atoms with Gasteiger partial charge in [-0.2, -0.15) is 0 Å². The number of aliphatic imine (C=N–C) groups is 1. The van der Waals surface area contributed by atoms with Crippen LogP contribution in [0.2, 0.25) is 0 Å². The third kappa shape index (κ3) is 11.8. The van der Waals surface area contributed by atoms with E-state index in [1.807, 2.05) is 0 Å². The number of nitrogens with zero attached hydrogens (tertiary/aromatic N) is 2. The smallest absolute Gasteiger partial charge is 0.191 e. The van der Waals surface area contributed by atoms with Gasteiger partial charge >= 0.3 is 0 Å². The molecule has 0 aromatic heterocycles. The highest BCUT2D eigenvalue weighted by molar-refractivity contribution is 14.0. The zero-order chi connectivity index (χ0) is 22.3. The van der Waals surface area contributed by atoms with E-state index in [1.54, 1.807) is 0 Å². The molecule has 33 heavy (non-hydrogen) atoms. The van der Waals surface area contributed by atoms with Gasteiger partial charge in [0.05, 0.1) is 25.4 Å². The molecule has 0 aliphatic carbocycles. The molecule has 188 valence electrons. The third-order valence-electron chi connectivity index (χ3n) is 5.92. The summed E-state index contributed by atoms with van der Waals surface area (Å²) in [5.74, 6) is 0.849. The van der Waals surface area contributed by atoms with Gasteiger partial charge in [-0.05, 0) is 44.6 Å². The lowest BCUT2D eigenvalue weighted by Gasteiger charge is -2.31. The zero-order valence-corrected chi connectivity index (χ0v) is 22.5. The zero-order valence-electron chi connectivity index (χ0n) is 20.2. The van der Waals surface area contributed by atoms with Crippen LogP contribution in [0.3, 0.4) is 0 Å². The highest BCUT2D eigenvalue weighted by Crippen LogP contribution is 2.16. The first kappa shape index (κ1) is 28.3. The topological polar surface area (TPSA) is 67.4 Å². The van der Waals surface area contributed by atoms with Gasteiger partial charge in [0.1, 0.15) is 0 Å². The summed E-state index contributed by atoms with van der Waals surface area (Å²) < 4.78 is 17.4. The highest BCUT2D eigenvalue weighted by atomic mass is 127. The van der Waals surface area contributed by atoms with Gasteiger partial charge in [-0.1, -0.05) is 30.3 Å². The first-order valence-electron chi connectivity index (χ1n) is 12.4. The van der Waals surface area contributed by atoms with Crippen molar-refractivity contribution in [3.63, 3.8) is 0 Å². The Kier molecular flexibility index (Phi) is 15.0. The summed E-state index contributed by atoms with van der Waals surface area (Å²) in [5, 5.41) is 6.63. The first-order chi connectivity index (χ1) is 15.8. The molecule has 8 heteroatoms. The van der Waals surface area contributed by atoms with E-state index in [2.05, 4.69) is 57.8 Å². The van der Waals surface area contributed by atoms with Gasteiger partial charge in [-0.25, -0.2) is 0 Å². The van der Waals surface area contributed by atoms with Gasteiger partial charge in [-0.3, -0.25) is 9.89 Å². The van der Waals surface area contributed by atoms with Crippen molar-refractivity contribution in [2.24, 2.45) is 4.99 Å². The Bertz CT molecular complexity index is 636. The maximum absolute atomic E-state index is 6.12. The van der Waals surface area contributed by atoms with Crippen LogP contribution in [0.1, 0.15) is 44.6 Å². The Labute approximate surface area is 217 Å². The summed E-state index contributed by atoms with van der Waals surface area (Å²) in [5.41, 5.74) is 1.39. The molecule has 1 unspecified atom stereocenters. The number of ether oxygens (including phenoxy) is 3. The minimum atomic E-state index is 0. The maximum Gasteiger partial charge on any atom is 0.191 e. The summed E-state index contributed by atoms with van der Waals surface area (Å²) in [4.78, 5) is 7.18. The summed E-state index contributed by atoms with van der Waals surface area (Å²) in [6.07, 6.45) is 6.12. The molecule has 0 saturated carbocycles. The Morgan fingerprint density at radius 1 is 1.12 bits per heavy atom. The lowest BCUT2D eigenvalue weighted by molar-refractivity contribution is 0.00565. The molecule has 0 radical (unpaired) electrons. The fraction of sp³-hybridized carbons (Fsp3) is 0.720. The number of hydrogen-bond acceptors (Lipinski definition) is 5. The van der Waals surface area contributed by atoms with E-state index >= 15 is 0 Å². The average Bonchev–Trinajstić information content (AvgIpc) is 3.34. The molecule has 2 aliphatic rings. The Morgan fingerprint density at radius 2 is 1.94 bits per heavy atom. The molecular weight excluding hydrogens is 531 g/mol. The number of benzene rings is 1. The summed E-state index contributed by atoms with van der Waals surface area (Å²) in [6, 6.07) is 10.7. The molecule has 0 amide bonds. The molecular formula is C25H43IN4O3. The second-order valence-electron chi connectivity index (χ2n) is 8.58. The van der Waals surface area contributed by atoms with E-state index in [0.29, 0.717) is 19.3 Å². The molecule has 3 rings (SSSR count). The van der Waals surface area contributed by atoms with Gasteiger partial charge in [0, 0.05) is 52.5 Å². The van der Waals surface area contributed by atoms with Crippen molar-refractivity contribution >= 4 is 29.9 Å². The van der Waals surface area contributed by atoms with Crippen molar-refractivity contribution in [3.05, 3.63) is 35.9 Å². The largest absolute Gasteiger partial charge is 0.378 e. The summed E-state index contributed by atoms with van der Waals surface area (Å²) >= 11 is 0. The van der Waals surface area contributed by atoms with Crippen molar-refractivity contribution in [2.75, 3.05) is 59.2 Å². The highest BCUT2D eigenvalue weighted by Gasteiger charge is 2.19. The SMILES string of the molecule is CCNC(=NCCCOC1CCN(Cc2ccccc2)CC1)NCCOCC1CCCO1.I. The van der Waals surface area contributed by atoms with Crippen molar-refractivity contribution < 1.29 is 14.2 Å². The van der Waals surface area contributed by atoms with Gasteiger partial charge < -0.3 is 24.8 Å². The molecule has 2 N–H and O–H groups in total. The van der Waals surface area contributed by atoms with E-state index in [9.17, 15) is 0 Å². The van der Waals surface area contributed by atoms with Crippen LogP contribution in [0.4, 0.5) is 0 Å². The van der Waals surface area contributed by atoms with Crippen molar-refractivity contribution in [1.29, 1.82) is 0 Å². The predicted octanol–water partition coefficient (Wildman–Crippen LogP) is 3.43. The quantitative estimate of drug-likeness (QED) is 0.163. The second kappa shape index (κ2) is 17.5. The number of rotatable bonds is 13. The van der Waals surface area contributed by atoms with Crippen molar-refractivity contribution in [3.8, 4) is 0 Å². The second-order valence-corrected chi connectivity index (χ2v) is 8.58. The normalized spacial score (nSPS) is 19.9. The Balaban J connectivity index is 0.00000385. The van der Waals surface area contributed by atoms with Crippen LogP contribution in [0.15, 0.2) is 35.3 Å². The summed E-state index contributed by atoms with van der Waals surface area (Å²) in [7, 11) is 0. The number of guanidine groups is 1. The fourth-order valence-electron chi connectivity index (χ4n) is 4.15. The van der Waals surface area contributed by atoms with Gasteiger partial charge in [0.25, 0.3) is 0 Å². The van der Waals surface area contributed by atoms with Crippen LogP contribution in [0.25, 0.3) is 0 Å². The molecule has 2 aliphatic heterocycles. The van der Waals surface area contributed by atoms with Crippen LogP contribution in [-0.4, -0.2) is 82.2 Å². The molecule has 0 spiro atoms. The van der Waals surface area contributed by atoms with Crippen LogP contribution in [0, 0.1) is 0 Å². The molecule has 2 heterocycles. The fourth-order valence-corrected chi connectivity index (χ4v) is 4.15. The first-order valence-corrected chi connectivity index (χ1v) is 12.4. The lowest BCUT2D eigenvalue weighted by Crippen LogP contribution is -2.39. The molecule has 7 nitrogen and oxygen atoms in total. The van der Waals surface area contributed by atoms with Gasteiger partial charge in [-0.15, -0.1) is 24.0 Å². The van der Waals surface area contributed by atoms with E-state index < -0.39 is 0 Å². The Hall–Kier alpha value is -0.940.